The van der Waals surface area contributed by atoms with Crippen LogP contribution in [0.4, 0.5) is 0 Å². The molecule has 23 heavy (non-hydrogen) atoms. The second-order valence-corrected chi connectivity index (χ2v) is 5.23. The minimum Gasteiger partial charge on any atom is -0.497 e. The van der Waals surface area contributed by atoms with Gasteiger partial charge in [0.1, 0.15) is 5.75 Å². The Morgan fingerprint density at radius 3 is 2.39 bits per heavy atom. The Hall–Kier alpha value is -2.08. The van der Waals surface area contributed by atoms with E-state index < -0.39 is 0 Å². The average Bonchev–Trinajstić information content (AvgIpc) is 2.54. The van der Waals surface area contributed by atoms with Crippen molar-refractivity contribution in [2.24, 2.45) is 0 Å². The lowest BCUT2D eigenvalue weighted by atomic mass is 10.1. The maximum Gasteiger partial charge on any atom is 0.224 e. The maximum absolute atomic E-state index is 11.9. The van der Waals surface area contributed by atoms with Crippen LogP contribution in [0, 0.1) is 0 Å². The van der Waals surface area contributed by atoms with Crippen LogP contribution in [0.15, 0.2) is 24.3 Å². The molecule has 0 aliphatic carbocycles. The summed E-state index contributed by atoms with van der Waals surface area (Å²) in [6, 6.07) is 7.39. The van der Waals surface area contributed by atoms with E-state index in [4.69, 9.17) is 9.47 Å². The van der Waals surface area contributed by atoms with Crippen molar-refractivity contribution in [3.63, 3.8) is 0 Å². The minimum atomic E-state index is -0.0597. The van der Waals surface area contributed by atoms with Crippen LogP contribution >= 0.6 is 0 Å². The van der Waals surface area contributed by atoms with Crippen molar-refractivity contribution in [3.05, 3.63) is 29.8 Å². The van der Waals surface area contributed by atoms with E-state index in [9.17, 15) is 9.59 Å². The Kier molecular flexibility index (Phi) is 8.75. The van der Waals surface area contributed by atoms with Gasteiger partial charge in [-0.2, -0.15) is 0 Å². The lowest BCUT2D eigenvalue weighted by Crippen LogP contribution is -2.38. The molecule has 1 aromatic carbocycles. The van der Waals surface area contributed by atoms with Crippen molar-refractivity contribution in [1.82, 2.24) is 10.2 Å². The summed E-state index contributed by atoms with van der Waals surface area (Å²) in [6.07, 6.45) is 1.10. The molecule has 1 N–H and O–H groups in total. The molecule has 0 saturated carbocycles. The largest absolute Gasteiger partial charge is 0.497 e. The maximum atomic E-state index is 11.9. The predicted molar refractivity (Wildman–Crippen MR) is 88.5 cm³/mol. The molecule has 6 heteroatoms. The van der Waals surface area contributed by atoms with E-state index in [1.54, 1.807) is 19.1 Å². The van der Waals surface area contributed by atoms with E-state index >= 15 is 0 Å². The first-order valence-electron chi connectivity index (χ1n) is 7.71. The molecule has 0 bridgehead atoms. The Balaban J connectivity index is 2.31. The summed E-state index contributed by atoms with van der Waals surface area (Å²) >= 11 is 0. The van der Waals surface area contributed by atoms with Gasteiger partial charge in [-0.25, -0.2) is 0 Å². The molecule has 0 radical (unpaired) electrons. The molecule has 0 aromatic heterocycles. The number of carbonyl (C=O) groups excluding carboxylic acids is 2. The number of nitrogens with one attached hydrogen (secondary N) is 1. The fraction of sp³-hybridized carbons (Fsp3) is 0.529. The molecule has 0 aliphatic heterocycles. The quantitative estimate of drug-likeness (QED) is 0.658. The van der Waals surface area contributed by atoms with E-state index in [1.807, 2.05) is 24.3 Å². The number of hydrogen-bond donors (Lipinski definition) is 1. The topological polar surface area (TPSA) is 67.9 Å². The first-order chi connectivity index (χ1) is 11.1. The van der Waals surface area contributed by atoms with Gasteiger partial charge in [-0.15, -0.1) is 0 Å². The average molecular weight is 322 g/mol. The van der Waals surface area contributed by atoms with Crippen molar-refractivity contribution in [2.45, 2.75) is 19.8 Å². The zero-order valence-electron chi connectivity index (χ0n) is 14.1. The number of amides is 2. The molecule has 0 unspecified atom stereocenters. The van der Waals surface area contributed by atoms with Gasteiger partial charge in [-0.05, 0) is 24.1 Å². The van der Waals surface area contributed by atoms with E-state index in [1.165, 1.54) is 6.92 Å². The number of ether oxygens (including phenoxy) is 2. The number of rotatable bonds is 10. The van der Waals surface area contributed by atoms with Gasteiger partial charge in [0.15, 0.2) is 0 Å². The Labute approximate surface area is 137 Å². The molecule has 1 rings (SSSR count). The van der Waals surface area contributed by atoms with Gasteiger partial charge in [0, 0.05) is 40.3 Å². The molecule has 128 valence electrons. The second-order valence-electron chi connectivity index (χ2n) is 5.23. The molecule has 0 spiro atoms. The summed E-state index contributed by atoms with van der Waals surface area (Å²) in [5, 5.41) is 2.84. The lowest BCUT2D eigenvalue weighted by molar-refractivity contribution is -0.129. The van der Waals surface area contributed by atoms with Gasteiger partial charge < -0.3 is 19.7 Å². The van der Waals surface area contributed by atoms with Crippen molar-refractivity contribution in [3.8, 4) is 5.75 Å². The number of carbonyl (C=O) groups is 2. The van der Waals surface area contributed by atoms with Crippen LogP contribution in [-0.4, -0.2) is 57.2 Å². The molecule has 1 aromatic rings. The summed E-state index contributed by atoms with van der Waals surface area (Å²) in [4.78, 5) is 25.2. The fourth-order valence-corrected chi connectivity index (χ4v) is 2.15. The van der Waals surface area contributed by atoms with E-state index in [0.29, 0.717) is 32.7 Å². The molecule has 0 aliphatic rings. The third-order valence-corrected chi connectivity index (χ3v) is 3.45. The van der Waals surface area contributed by atoms with Crippen LogP contribution in [0.25, 0.3) is 0 Å². The first kappa shape index (κ1) is 19.0. The van der Waals surface area contributed by atoms with Crippen molar-refractivity contribution in [2.75, 3.05) is 40.5 Å². The van der Waals surface area contributed by atoms with Crippen LogP contribution in [0.5, 0.6) is 5.75 Å². The summed E-state index contributed by atoms with van der Waals surface area (Å²) in [7, 11) is 3.24. The Morgan fingerprint density at radius 1 is 1.13 bits per heavy atom. The zero-order chi connectivity index (χ0) is 17.1. The molecule has 0 fully saturated rings. The minimum absolute atomic E-state index is 0.00510. The Bertz CT molecular complexity index is 488. The number of hydrogen-bond acceptors (Lipinski definition) is 4. The van der Waals surface area contributed by atoms with Crippen LogP contribution in [0.3, 0.4) is 0 Å². The second kappa shape index (κ2) is 10.6. The lowest BCUT2D eigenvalue weighted by Gasteiger charge is -2.21. The molecular formula is C17H26N2O4. The SMILES string of the molecule is COCCCN(CCNC(=O)Cc1ccc(OC)cc1)C(C)=O. The standard InChI is InChI=1S/C17H26N2O4/c1-14(20)19(10-4-12-22-2)11-9-18-17(21)13-15-5-7-16(23-3)8-6-15/h5-8H,4,9-13H2,1-3H3,(H,18,21). The molecule has 0 atom stereocenters. The van der Waals surface area contributed by atoms with Crippen molar-refractivity contribution >= 4 is 11.8 Å². The van der Waals surface area contributed by atoms with Gasteiger partial charge >= 0.3 is 0 Å². The fourth-order valence-electron chi connectivity index (χ4n) is 2.15. The van der Waals surface area contributed by atoms with Crippen LogP contribution in [0.2, 0.25) is 0 Å². The molecule has 0 saturated heterocycles. The Morgan fingerprint density at radius 2 is 1.83 bits per heavy atom. The highest BCUT2D eigenvalue weighted by molar-refractivity contribution is 5.78. The van der Waals surface area contributed by atoms with Crippen LogP contribution in [0.1, 0.15) is 18.9 Å². The van der Waals surface area contributed by atoms with Gasteiger partial charge in [-0.3, -0.25) is 9.59 Å². The van der Waals surface area contributed by atoms with E-state index in [0.717, 1.165) is 17.7 Å². The highest BCUT2D eigenvalue weighted by Gasteiger charge is 2.09. The molecule has 6 nitrogen and oxygen atoms in total. The van der Waals surface area contributed by atoms with Gasteiger partial charge in [0.05, 0.1) is 13.5 Å². The first-order valence-corrected chi connectivity index (χ1v) is 7.71. The molecule has 0 heterocycles. The van der Waals surface area contributed by atoms with Gasteiger partial charge in [0.25, 0.3) is 0 Å². The summed E-state index contributed by atoms with van der Waals surface area (Å²) in [6.45, 7) is 3.74. The highest BCUT2D eigenvalue weighted by atomic mass is 16.5. The number of methoxy groups -OCH3 is 2. The molecule has 2 amide bonds. The zero-order valence-corrected chi connectivity index (χ0v) is 14.1. The predicted octanol–water partition coefficient (Wildman–Crippen LogP) is 1.24. The van der Waals surface area contributed by atoms with Gasteiger partial charge in [0.2, 0.25) is 11.8 Å². The highest BCUT2D eigenvalue weighted by Crippen LogP contribution is 2.11. The number of benzene rings is 1. The van der Waals surface area contributed by atoms with Gasteiger partial charge in [-0.1, -0.05) is 12.1 Å². The van der Waals surface area contributed by atoms with Crippen molar-refractivity contribution < 1.29 is 19.1 Å². The van der Waals surface area contributed by atoms with Crippen LogP contribution < -0.4 is 10.1 Å². The third-order valence-electron chi connectivity index (χ3n) is 3.45. The summed E-state index contributed by atoms with van der Waals surface area (Å²) in [5.74, 6) is 0.711. The van der Waals surface area contributed by atoms with Crippen molar-refractivity contribution in [1.29, 1.82) is 0 Å². The normalized spacial score (nSPS) is 10.2. The summed E-state index contributed by atoms with van der Waals surface area (Å²) < 4.78 is 10.1. The van der Waals surface area contributed by atoms with E-state index in [2.05, 4.69) is 5.32 Å². The smallest absolute Gasteiger partial charge is 0.224 e. The monoisotopic (exact) mass is 322 g/mol. The van der Waals surface area contributed by atoms with Crippen LogP contribution in [-0.2, 0) is 20.7 Å². The number of nitrogens with zero attached hydrogens (tertiary/aromatic N) is 1. The van der Waals surface area contributed by atoms with E-state index in [-0.39, 0.29) is 11.8 Å². The summed E-state index contributed by atoms with van der Waals surface area (Å²) in [5.41, 5.74) is 0.923. The third kappa shape index (κ3) is 7.65. The molecular weight excluding hydrogens is 296 g/mol.